The zero-order valence-corrected chi connectivity index (χ0v) is 23.7. The van der Waals surface area contributed by atoms with Crippen molar-refractivity contribution in [1.82, 2.24) is 29.6 Å². The summed E-state index contributed by atoms with van der Waals surface area (Å²) < 4.78 is 13.2. The van der Waals surface area contributed by atoms with Crippen molar-refractivity contribution in [3.05, 3.63) is 33.9 Å². The van der Waals surface area contributed by atoms with Crippen LogP contribution in [0.25, 0.3) is 22.4 Å². The first-order valence-corrected chi connectivity index (χ1v) is 16.7. The number of hydrogen-bond donors (Lipinski definition) is 1. The highest BCUT2D eigenvalue weighted by molar-refractivity contribution is 6.83. The minimum Gasteiger partial charge on any atom is -0.477 e. The maximum atomic E-state index is 13.4. The van der Waals surface area contributed by atoms with Crippen LogP contribution in [0.4, 0.5) is 0 Å². The minimum absolute atomic E-state index is 0.215. The Hall–Kier alpha value is -3.00. The number of aromatic amines is 1. The van der Waals surface area contributed by atoms with Crippen molar-refractivity contribution >= 4 is 19.1 Å². The monoisotopic (exact) mass is 522 g/mol. The van der Waals surface area contributed by atoms with Crippen molar-refractivity contribution < 1.29 is 9.47 Å². The molecule has 0 aromatic carbocycles. The Kier molecular flexibility index (Phi) is 8.79. The van der Waals surface area contributed by atoms with E-state index >= 15 is 0 Å². The van der Waals surface area contributed by atoms with Gasteiger partial charge in [-0.25, -0.2) is 9.97 Å². The number of fused-ring (bicyclic) bond motifs is 1. The number of H-pyrrole nitrogens is 1. The number of ether oxygens (including phenoxy) is 2. The standard InChI is InChI=1S/C27H38N6O3Si/c1-6-8-14-36-27-21(18-20(19-28-27)9-17-37(3,4)5)25-29-23-22(7-2)31-33(24(23)26(34)30-25)11-10-32-12-15-35-16-13-32/h18-19H,6-8,10-16H2,1-5H3,(H,29,30,34). The number of nitrogens with zero attached hydrogens (tertiary/aromatic N) is 5. The second-order valence-electron chi connectivity index (χ2n) is 10.4. The highest BCUT2D eigenvalue weighted by Crippen LogP contribution is 2.28. The van der Waals surface area contributed by atoms with Crippen LogP contribution in [-0.4, -0.2) is 77.2 Å². The first-order valence-electron chi connectivity index (χ1n) is 13.2. The highest BCUT2D eigenvalue weighted by atomic mass is 28.3. The zero-order chi connectivity index (χ0) is 26.4. The van der Waals surface area contributed by atoms with Gasteiger partial charge in [-0.1, -0.05) is 45.8 Å². The summed E-state index contributed by atoms with van der Waals surface area (Å²) in [6.45, 7) is 16.0. The van der Waals surface area contributed by atoms with Crippen molar-refractivity contribution in [3.63, 3.8) is 0 Å². The molecule has 3 aromatic heterocycles. The third-order valence-corrected chi connectivity index (χ3v) is 7.03. The summed E-state index contributed by atoms with van der Waals surface area (Å²) in [5.74, 6) is 4.14. The summed E-state index contributed by atoms with van der Waals surface area (Å²) in [7, 11) is -1.57. The molecule has 1 fully saturated rings. The van der Waals surface area contributed by atoms with Gasteiger partial charge in [0.15, 0.2) is 5.52 Å². The molecule has 37 heavy (non-hydrogen) atoms. The summed E-state index contributed by atoms with van der Waals surface area (Å²) in [4.78, 5) is 28.2. The first kappa shape index (κ1) is 27.0. The molecule has 10 heteroatoms. The first-order chi connectivity index (χ1) is 17.8. The third-order valence-electron chi connectivity index (χ3n) is 6.16. The molecule has 0 radical (unpaired) electrons. The molecule has 4 rings (SSSR count). The van der Waals surface area contributed by atoms with Gasteiger partial charge in [0, 0.05) is 31.4 Å². The van der Waals surface area contributed by atoms with Crippen LogP contribution in [0.5, 0.6) is 5.88 Å². The van der Waals surface area contributed by atoms with E-state index < -0.39 is 8.07 Å². The van der Waals surface area contributed by atoms with Gasteiger partial charge in [0.2, 0.25) is 5.88 Å². The molecule has 1 aliphatic rings. The molecule has 198 valence electrons. The molecule has 0 bridgehead atoms. The van der Waals surface area contributed by atoms with Gasteiger partial charge in [-0.2, -0.15) is 5.10 Å². The number of unbranched alkanes of at least 4 members (excludes halogenated alkanes) is 1. The van der Waals surface area contributed by atoms with Crippen LogP contribution in [0, 0.1) is 11.5 Å². The van der Waals surface area contributed by atoms with Gasteiger partial charge in [0.1, 0.15) is 19.4 Å². The van der Waals surface area contributed by atoms with Gasteiger partial charge in [0.25, 0.3) is 5.56 Å². The average molecular weight is 523 g/mol. The predicted molar refractivity (Wildman–Crippen MR) is 149 cm³/mol. The molecule has 4 heterocycles. The number of aryl methyl sites for hydroxylation is 1. The fourth-order valence-electron chi connectivity index (χ4n) is 4.12. The minimum atomic E-state index is -1.57. The van der Waals surface area contributed by atoms with Crippen LogP contribution in [0.1, 0.15) is 37.9 Å². The van der Waals surface area contributed by atoms with Gasteiger partial charge in [-0.3, -0.25) is 14.4 Å². The molecule has 1 aliphatic heterocycles. The van der Waals surface area contributed by atoms with E-state index in [1.165, 1.54) is 0 Å². The summed E-state index contributed by atoms with van der Waals surface area (Å²) in [5, 5.41) is 4.76. The highest BCUT2D eigenvalue weighted by Gasteiger charge is 2.20. The van der Waals surface area contributed by atoms with Crippen LogP contribution >= 0.6 is 0 Å². The Morgan fingerprint density at radius 2 is 1.97 bits per heavy atom. The second kappa shape index (κ2) is 12.0. The molecule has 1 saturated heterocycles. The smallest absolute Gasteiger partial charge is 0.277 e. The summed E-state index contributed by atoms with van der Waals surface area (Å²) in [6, 6.07) is 1.92. The van der Waals surface area contributed by atoms with Crippen molar-refractivity contribution in [2.45, 2.75) is 59.3 Å². The Bertz CT molecular complexity index is 1340. The lowest BCUT2D eigenvalue weighted by Crippen LogP contribution is -2.38. The van der Waals surface area contributed by atoms with E-state index in [0.29, 0.717) is 47.9 Å². The molecular weight excluding hydrogens is 484 g/mol. The third kappa shape index (κ3) is 6.86. The normalized spacial score (nSPS) is 14.5. The predicted octanol–water partition coefficient (Wildman–Crippen LogP) is 3.48. The number of nitrogens with one attached hydrogen (secondary N) is 1. The van der Waals surface area contributed by atoms with Gasteiger partial charge >= 0.3 is 0 Å². The lowest BCUT2D eigenvalue weighted by molar-refractivity contribution is 0.0361. The fourth-order valence-corrected chi connectivity index (χ4v) is 4.64. The Morgan fingerprint density at radius 1 is 1.19 bits per heavy atom. The van der Waals surface area contributed by atoms with Gasteiger partial charge < -0.3 is 14.5 Å². The van der Waals surface area contributed by atoms with Gasteiger partial charge in [-0.05, 0) is 18.9 Å². The average Bonchev–Trinajstić information content (AvgIpc) is 3.25. The molecule has 0 unspecified atom stereocenters. The Balaban J connectivity index is 1.74. The zero-order valence-electron chi connectivity index (χ0n) is 22.7. The summed E-state index contributed by atoms with van der Waals surface area (Å²) in [5.41, 5.74) is 6.52. The molecule has 0 spiro atoms. The van der Waals surface area contributed by atoms with Crippen LogP contribution in [0.3, 0.4) is 0 Å². The topological polar surface area (TPSA) is 98.2 Å². The lowest BCUT2D eigenvalue weighted by Gasteiger charge is -2.26. The van der Waals surface area contributed by atoms with Crippen molar-refractivity contribution in [2.75, 3.05) is 39.5 Å². The number of hydrogen-bond acceptors (Lipinski definition) is 7. The Labute approximate surface area is 219 Å². The largest absolute Gasteiger partial charge is 0.477 e. The Morgan fingerprint density at radius 3 is 2.68 bits per heavy atom. The van der Waals surface area contributed by atoms with Crippen molar-refractivity contribution in [2.24, 2.45) is 0 Å². The molecular formula is C27H38N6O3Si. The van der Waals surface area contributed by atoms with E-state index in [2.05, 4.69) is 52.9 Å². The van der Waals surface area contributed by atoms with E-state index in [-0.39, 0.29) is 5.56 Å². The SMILES string of the molecule is CCCCOc1ncc(C#C[Si](C)(C)C)cc1-c1nc2c(CC)nn(CCN3CCOCC3)c2c(=O)[nH]1. The van der Waals surface area contributed by atoms with E-state index in [9.17, 15) is 4.79 Å². The second-order valence-corrected chi connectivity index (χ2v) is 15.1. The van der Waals surface area contributed by atoms with E-state index in [1.54, 1.807) is 10.9 Å². The number of aromatic nitrogens is 5. The molecule has 0 aliphatic carbocycles. The van der Waals surface area contributed by atoms with E-state index in [0.717, 1.165) is 56.9 Å². The lowest BCUT2D eigenvalue weighted by atomic mass is 10.2. The quantitative estimate of drug-likeness (QED) is 0.261. The number of pyridine rings is 1. The maximum Gasteiger partial charge on any atom is 0.277 e. The van der Waals surface area contributed by atoms with Crippen LogP contribution in [0.15, 0.2) is 17.1 Å². The fraction of sp³-hybridized carbons (Fsp3) is 0.556. The summed E-state index contributed by atoms with van der Waals surface area (Å²) >= 11 is 0. The van der Waals surface area contributed by atoms with Crippen molar-refractivity contribution in [1.29, 1.82) is 0 Å². The van der Waals surface area contributed by atoms with E-state index in [4.69, 9.17) is 19.6 Å². The molecule has 3 aromatic rings. The molecule has 0 amide bonds. The van der Waals surface area contributed by atoms with Crippen molar-refractivity contribution in [3.8, 4) is 28.7 Å². The molecule has 1 N–H and O–H groups in total. The summed E-state index contributed by atoms with van der Waals surface area (Å²) in [6.07, 6.45) is 4.34. The number of rotatable bonds is 9. The molecule has 0 atom stereocenters. The van der Waals surface area contributed by atoms with Crippen LogP contribution in [-0.2, 0) is 17.7 Å². The molecule has 9 nitrogen and oxygen atoms in total. The van der Waals surface area contributed by atoms with Crippen LogP contribution in [0.2, 0.25) is 19.6 Å². The van der Waals surface area contributed by atoms with E-state index in [1.807, 2.05) is 13.0 Å². The maximum absolute atomic E-state index is 13.4. The number of morpholine rings is 1. The van der Waals surface area contributed by atoms with Gasteiger partial charge in [-0.15, -0.1) is 5.54 Å². The van der Waals surface area contributed by atoms with Crippen LogP contribution < -0.4 is 10.3 Å². The van der Waals surface area contributed by atoms with Gasteiger partial charge in [0.05, 0.1) is 37.6 Å². The molecule has 0 saturated carbocycles.